The van der Waals surface area contributed by atoms with Crippen molar-refractivity contribution < 1.29 is 23.9 Å². The number of methoxy groups -OCH3 is 1. The molecule has 0 aliphatic carbocycles. The van der Waals surface area contributed by atoms with Crippen molar-refractivity contribution in [3.8, 4) is 5.75 Å². The molecule has 0 radical (unpaired) electrons. The lowest BCUT2D eigenvalue weighted by Crippen LogP contribution is -2.47. The average Bonchev–Trinajstić information content (AvgIpc) is 3.12. The Bertz CT molecular complexity index is 1200. The molecular formula is C27H24N2O5. The maximum Gasteiger partial charge on any atom is 0.329 e. The highest BCUT2D eigenvalue weighted by Gasteiger charge is 2.43. The van der Waals surface area contributed by atoms with Gasteiger partial charge in [0, 0.05) is 12.6 Å². The third-order valence-corrected chi connectivity index (χ3v) is 5.54. The molecule has 0 fully saturated rings. The van der Waals surface area contributed by atoms with E-state index in [0.717, 1.165) is 27.5 Å². The Morgan fingerprint density at radius 1 is 0.941 bits per heavy atom. The number of ether oxygens (including phenoxy) is 2. The van der Waals surface area contributed by atoms with E-state index in [1.807, 2.05) is 48.5 Å². The molecule has 0 bridgehead atoms. The molecule has 0 saturated heterocycles. The molecule has 1 heterocycles. The minimum Gasteiger partial charge on any atom is -0.497 e. The molecule has 0 saturated carbocycles. The van der Waals surface area contributed by atoms with Crippen molar-refractivity contribution in [2.45, 2.75) is 19.4 Å². The van der Waals surface area contributed by atoms with Crippen molar-refractivity contribution >= 4 is 29.7 Å². The molecule has 0 spiro atoms. The standard InChI is InChI=1S/C27H24N2O5/c1-3-34-27(32)24(29-25(30)22-6-4-5-7-23(22)26(29)31)16-18-8-12-20(13-9-18)28-17-19-10-14-21(33-2)15-11-19/h4-15,17,24H,3,16H2,1-2H3. The van der Waals surface area contributed by atoms with Gasteiger partial charge in [-0.1, -0.05) is 24.3 Å². The van der Waals surface area contributed by atoms with Gasteiger partial charge in [-0.25, -0.2) is 4.79 Å². The van der Waals surface area contributed by atoms with E-state index in [1.165, 1.54) is 0 Å². The second-order valence-corrected chi connectivity index (χ2v) is 7.70. The number of carbonyl (C=O) groups excluding carboxylic acids is 3. The van der Waals surface area contributed by atoms with Gasteiger partial charge < -0.3 is 9.47 Å². The first-order chi connectivity index (χ1) is 16.5. The summed E-state index contributed by atoms with van der Waals surface area (Å²) in [7, 11) is 1.62. The Balaban J connectivity index is 1.52. The number of imide groups is 1. The second kappa shape index (κ2) is 10.1. The van der Waals surface area contributed by atoms with Crippen LogP contribution < -0.4 is 4.74 Å². The Labute approximate surface area is 197 Å². The molecule has 3 aromatic rings. The highest BCUT2D eigenvalue weighted by Crippen LogP contribution is 2.27. The van der Waals surface area contributed by atoms with Crippen LogP contribution in [-0.4, -0.2) is 48.7 Å². The first-order valence-electron chi connectivity index (χ1n) is 10.9. The summed E-state index contributed by atoms with van der Waals surface area (Å²) in [4.78, 5) is 44.1. The van der Waals surface area contributed by atoms with Crippen molar-refractivity contribution in [3.63, 3.8) is 0 Å². The van der Waals surface area contributed by atoms with Crippen LogP contribution in [0, 0.1) is 0 Å². The van der Waals surface area contributed by atoms with Gasteiger partial charge in [-0.05, 0) is 66.6 Å². The van der Waals surface area contributed by atoms with Gasteiger partial charge in [0.2, 0.25) is 0 Å². The number of hydrogen-bond donors (Lipinski definition) is 0. The SMILES string of the molecule is CCOC(=O)C(Cc1ccc(N=Cc2ccc(OC)cc2)cc1)N1C(=O)c2ccccc2C1=O. The number of aliphatic imine (C=N–C) groups is 1. The molecule has 4 rings (SSSR count). The summed E-state index contributed by atoms with van der Waals surface area (Å²) >= 11 is 0. The Morgan fingerprint density at radius 2 is 1.56 bits per heavy atom. The molecule has 1 unspecified atom stereocenters. The highest BCUT2D eigenvalue weighted by molar-refractivity contribution is 6.22. The maximum atomic E-state index is 12.9. The van der Waals surface area contributed by atoms with Crippen LogP contribution in [-0.2, 0) is 16.0 Å². The van der Waals surface area contributed by atoms with E-state index in [9.17, 15) is 14.4 Å². The summed E-state index contributed by atoms with van der Waals surface area (Å²) in [6.07, 6.45) is 1.89. The van der Waals surface area contributed by atoms with Crippen LogP contribution in [0.25, 0.3) is 0 Å². The summed E-state index contributed by atoms with van der Waals surface area (Å²) in [5.74, 6) is -0.812. The number of amides is 2. The normalized spacial score (nSPS) is 13.8. The van der Waals surface area contributed by atoms with E-state index in [0.29, 0.717) is 11.1 Å². The van der Waals surface area contributed by atoms with Crippen molar-refractivity contribution in [1.82, 2.24) is 4.90 Å². The van der Waals surface area contributed by atoms with E-state index < -0.39 is 23.8 Å². The van der Waals surface area contributed by atoms with Crippen LogP contribution in [0.4, 0.5) is 5.69 Å². The lowest BCUT2D eigenvalue weighted by atomic mass is 10.0. The molecule has 0 aromatic heterocycles. The lowest BCUT2D eigenvalue weighted by Gasteiger charge is -2.24. The molecule has 172 valence electrons. The molecule has 3 aromatic carbocycles. The van der Waals surface area contributed by atoms with Gasteiger partial charge in [0.25, 0.3) is 11.8 Å². The molecule has 1 aliphatic rings. The van der Waals surface area contributed by atoms with Crippen molar-refractivity contribution in [2.24, 2.45) is 4.99 Å². The van der Waals surface area contributed by atoms with Crippen LogP contribution >= 0.6 is 0 Å². The van der Waals surface area contributed by atoms with Crippen LogP contribution in [0.15, 0.2) is 77.8 Å². The summed E-state index contributed by atoms with van der Waals surface area (Å²) in [5.41, 5.74) is 3.03. The van der Waals surface area contributed by atoms with Crippen molar-refractivity contribution in [3.05, 3.63) is 95.1 Å². The van der Waals surface area contributed by atoms with Gasteiger partial charge in [0.15, 0.2) is 0 Å². The molecule has 7 heteroatoms. The van der Waals surface area contributed by atoms with Gasteiger partial charge in [-0.3, -0.25) is 19.5 Å². The highest BCUT2D eigenvalue weighted by atomic mass is 16.5. The number of carbonyl (C=O) groups is 3. The minimum absolute atomic E-state index is 0.146. The monoisotopic (exact) mass is 456 g/mol. The zero-order chi connectivity index (χ0) is 24.1. The molecule has 1 aliphatic heterocycles. The van der Waals surface area contributed by atoms with Gasteiger partial charge in [0.05, 0.1) is 30.5 Å². The second-order valence-electron chi connectivity index (χ2n) is 7.70. The zero-order valence-electron chi connectivity index (χ0n) is 18.9. The van der Waals surface area contributed by atoms with Crippen LogP contribution in [0.2, 0.25) is 0 Å². The van der Waals surface area contributed by atoms with Crippen LogP contribution in [0.3, 0.4) is 0 Å². The fourth-order valence-corrected chi connectivity index (χ4v) is 3.79. The summed E-state index contributed by atoms with van der Waals surface area (Å²) < 4.78 is 10.3. The van der Waals surface area contributed by atoms with E-state index >= 15 is 0 Å². The fourth-order valence-electron chi connectivity index (χ4n) is 3.79. The number of hydrogen-bond acceptors (Lipinski definition) is 6. The third kappa shape index (κ3) is 4.73. The smallest absolute Gasteiger partial charge is 0.329 e. The fraction of sp³-hybridized carbons (Fsp3) is 0.185. The number of fused-ring (bicyclic) bond motifs is 1. The number of nitrogens with zero attached hydrogens (tertiary/aromatic N) is 2. The van der Waals surface area contributed by atoms with Gasteiger partial charge >= 0.3 is 5.97 Å². The molecule has 1 atom stereocenters. The van der Waals surface area contributed by atoms with Crippen molar-refractivity contribution in [2.75, 3.05) is 13.7 Å². The molecule has 2 amide bonds. The Hall–Kier alpha value is -4.26. The quantitative estimate of drug-likeness (QED) is 0.288. The minimum atomic E-state index is -1.05. The van der Waals surface area contributed by atoms with E-state index in [-0.39, 0.29) is 13.0 Å². The topological polar surface area (TPSA) is 85.3 Å². The summed E-state index contributed by atoms with van der Waals surface area (Å²) in [6, 6.07) is 20.3. The third-order valence-electron chi connectivity index (χ3n) is 5.54. The molecule has 0 N–H and O–H groups in total. The van der Waals surface area contributed by atoms with E-state index in [1.54, 1.807) is 44.5 Å². The van der Waals surface area contributed by atoms with Crippen LogP contribution in [0.5, 0.6) is 5.75 Å². The number of benzene rings is 3. The van der Waals surface area contributed by atoms with Gasteiger partial charge in [-0.15, -0.1) is 0 Å². The van der Waals surface area contributed by atoms with E-state index in [4.69, 9.17) is 9.47 Å². The van der Waals surface area contributed by atoms with Gasteiger partial charge in [-0.2, -0.15) is 0 Å². The molecule has 34 heavy (non-hydrogen) atoms. The van der Waals surface area contributed by atoms with Crippen molar-refractivity contribution in [1.29, 1.82) is 0 Å². The summed E-state index contributed by atoms with van der Waals surface area (Å²) in [5, 5.41) is 0. The first-order valence-corrected chi connectivity index (χ1v) is 10.9. The first kappa shape index (κ1) is 22.9. The lowest BCUT2D eigenvalue weighted by molar-refractivity contribution is -0.147. The predicted octanol–water partition coefficient (Wildman–Crippen LogP) is 4.22. The zero-order valence-corrected chi connectivity index (χ0v) is 18.9. The van der Waals surface area contributed by atoms with E-state index in [2.05, 4.69) is 4.99 Å². The molecule has 7 nitrogen and oxygen atoms in total. The average molecular weight is 456 g/mol. The number of esters is 1. The molecular weight excluding hydrogens is 432 g/mol. The maximum absolute atomic E-state index is 12.9. The predicted molar refractivity (Wildman–Crippen MR) is 128 cm³/mol. The largest absolute Gasteiger partial charge is 0.497 e. The number of rotatable bonds is 8. The summed E-state index contributed by atoms with van der Waals surface area (Å²) in [6.45, 7) is 1.84. The Morgan fingerprint density at radius 3 is 2.12 bits per heavy atom. The van der Waals surface area contributed by atoms with Crippen LogP contribution in [0.1, 0.15) is 38.8 Å². The Kier molecular flexibility index (Phi) is 6.82. The van der Waals surface area contributed by atoms with Gasteiger partial charge in [0.1, 0.15) is 11.8 Å².